The molecule has 5 nitrogen and oxygen atoms in total. The van der Waals surface area contributed by atoms with Gasteiger partial charge in [-0.15, -0.1) is 0 Å². The van der Waals surface area contributed by atoms with Gasteiger partial charge in [0.25, 0.3) is 0 Å². The second kappa shape index (κ2) is 9.63. The van der Waals surface area contributed by atoms with E-state index in [0.29, 0.717) is 37.8 Å². The van der Waals surface area contributed by atoms with Crippen LogP contribution in [0.3, 0.4) is 0 Å². The summed E-state index contributed by atoms with van der Waals surface area (Å²) >= 11 is 0. The summed E-state index contributed by atoms with van der Waals surface area (Å²) in [5.41, 5.74) is 0.562. The van der Waals surface area contributed by atoms with Gasteiger partial charge >= 0.3 is 5.97 Å². The molecule has 0 spiro atoms. The van der Waals surface area contributed by atoms with Crippen LogP contribution in [0.2, 0.25) is 0 Å². The van der Waals surface area contributed by atoms with E-state index in [0.717, 1.165) is 5.56 Å². The minimum Gasteiger partial charge on any atom is -0.466 e. The Labute approximate surface area is 170 Å². The fourth-order valence-electron chi connectivity index (χ4n) is 3.97. The fourth-order valence-corrected chi connectivity index (χ4v) is 3.97. The van der Waals surface area contributed by atoms with Crippen molar-refractivity contribution < 1.29 is 18.7 Å². The summed E-state index contributed by atoms with van der Waals surface area (Å²) in [4.78, 5) is 31.5. The molecule has 2 aromatic rings. The SMILES string of the molecule is CCOC(=O)C1(Cc2ccccc2F)CCCN(C(=O)CCc2cccnc2)C1. The molecule has 0 saturated carbocycles. The lowest BCUT2D eigenvalue weighted by atomic mass is 9.74. The average molecular weight is 398 g/mol. The molecule has 1 amide bonds. The smallest absolute Gasteiger partial charge is 0.314 e. The van der Waals surface area contributed by atoms with Crippen LogP contribution in [-0.4, -0.2) is 41.5 Å². The Balaban J connectivity index is 1.75. The van der Waals surface area contributed by atoms with E-state index in [9.17, 15) is 14.0 Å². The summed E-state index contributed by atoms with van der Waals surface area (Å²) in [7, 11) is 0. The maximum atomic E-state index is 14.3. The molecule has 1 aliphatic heterocycles. The van der Waals surface area contributed by atoms with Crippen LogP contribution in [0.15, 0.2) is 48.8 Å². The Morgan fingerprint density at radius 2 is 2.07 bits per heavy atom. The minimum atomic E-state index is -0.916. The zero-order valence-corrected chi connectivity index (χ0v) is 16.8. The van der Waals surface area contributed by atoms with Crippen molar-refractivity contribution in [2.24, 2.45) is 5.41 Å². The Bertz CT molecular complexity index is 843. The van der Waals surface area contributed by atoms with Crippen molar-refractivity contribution in [1.29, 1.82) is 0 Å². The summed E-state index contributed by atoms with van der Waals surface area (Å²) in [5.74, 6) is -0.694. The molecule has 1 unspecified atom stereocenters. The zero-order valence-electron chi connectivity index (χ0n) is 16.8. The average Bonchev–Trinajstić information content (AvgIpc) is 2.75. The van der Waals surface area contributed by atoms with Crippen LogP contribution in [0.1, 0.15) is 37.3 Å². The van der Waals surface area contributed by atoms with Gasteiger partial charge in [-0.2, -0.15) is 0 Å². The Kier molecular flexibility index (Phi) is 6.96. The lowest BCUT2D eigenvalue weighted by Gasteiger charge is -2.41. The molecule has 3 rings (SSSR count). The van der Waals surface area contributed by atoms with Crippen molar-refractivity contribution >= 4 is 11.9 Å². The zero-order chi connectivity index (χ0) is 20.7. The number of hydrogen-bond donors (Lipinski definition) is 0. The molecule has 0 radical (unpaired) electrons. The number of likely N-dealkylation sites (tertiary alicyclic amines) is 1. The lowest BCUT2D eigenvalue weighted by molar-refractivity contribution is -0.160. The van der Waals surface area contributed by atoms with Gasteiger partial charge in [0.15, 0.2) is 0 Å². The Hall–Kier alpha value is -2.76. The first kappa shape index (κ1) is 21.0. The number of amides is 1. The topological polar surface area (TPSA) is 59.5 Å². The highest BCUT2D eigenvalue weighted by Gasteiger charge is 2.45. The molecule has 0 bridgehead atoms. The largest absolute Gasteiger partial charge is 0.466 e. The molecule has 6 heteroatoms. The third kappa shape index (κ3) is 5.19. The summed E-state index contributed by atoms with van der Waals surface area (Å²) in [5, 5.41) is 0. The minimum absolute atomic E-state index is 0.00393. The van der Waals surface area contributed by atoms with Gasteiger partial charge < -0.3 is 9.64 Å². The van der Waals surface area contributed by atoms with Crippen molar-refractivity contribution in [2.45, 2.75) is 39.0 Å². The predicted molar refractivity (Wildman–Crippen MR) is 108 cm³/mol. The first-order chi connectivity index (χ1) is 14.0. The van der Waals surface area contributed by atoms with Crippen LogP contribution in [0.4, 0.5) is 4.39 Å². The molecule has 0 N–H and O–H groups in total. The number of carbonyl (C=O) groups is 2. The molecule has 154 valence electrons. The molecule has 2 heterocycles. The number of nitrogens with zero attached hydrogens (tertiary/aromatic N) is 2. The molecule has 1 aliphatic rings. The van der Waals surface area contributed by atoms with E-state index in [-0.39, 0.29) is 37.3 Å². The molecule has 0 aliphatic carbocycles. The first-order valence-electron chi connectivity index (χ1n) is 10.1. The molecule has 1 aromatic carbocycles. The monoisotopic (exact) mass is 398 g/mol. The number of esters is 1. The van der Waals surface area contributed by atoms with Gasteiger partial charge in [0.2, 0.25) is 5.91 Å². The van der Waals surface area contributed by atoms with Crippen LogP contribution in [0.5, 0.6) is 0 Å². The highest BCUT2D eigenvalue weighted by atomic mass is 19.1. The highest BCUT2D eigenvalue weighted by Crippen LogP contribution is 2.36. The third-order valence-electron chi connectivity index (χ3n) is 5.48. The summed E-state index contributed by atoms with van der Waals surface area (Å²) < 4.78 is 19.6. The van der Waals surface area contributed by atoms with Crippen molar-refractivity contribution in [1.82, 2.24) is 9.88 Å². The van der Waals surface area contributed by atoms with Crippen LogP contribution in [0.25, 0.3) is 0 Å². The number of pyridine rings is 1. The number of aromatic nitrogens is 1. The van der Waals surface area contributed by atoms with E-state index < -0.39 is 5.41 Å². The molecule has 1 fully saturated rings. The van der Waals surface area contributed by atoms with Gasteiger partial charge in [-0.25, -0.2) is 4.39 Å². The van der Waals surface area contributed by atoms with Crippen molar-refractivity contribution in [3.8, 4) is 0 Å². The van der Waals surface area contributed by atoms with Gasteiger partial charge in [0, 0.05) is 31.9 Å². The van der Waals surface area contributed by atoms with Gasteiger partial charge in [-0.3, -0.25) is 14.6 Å². The van der Waals surface area contributed by atoms with Gasteiger partial charge in [-0.05, 0) is 55.9 Å². The molecule has 1 saturated heterocycles. The van der Waals surface area contributed by atoms with E-state index in [1.54, 1.807) is 42.4 Å². The number of hydrogen-bond acceptors (Lipinski definition) is 4. The van der Waals surface area contributed by atoms with Crippen LogP contribution >= 0.6 is 0 Å². The van der Waals surface area contributed by atoms with E-state index >= 15 is 0 Å². The number of piperidine rings is 1. The van der Waals surface area contributed by atoms with Gasteiger partial charge in [0.05, 0.1) is 12.0 Å². The van der Waals surface area contributed by atoms with Gasteiger partial charge in [0.1, 0.15) is 5.82 Å². The molecule has 1 atom stereocenters. The lowest BCUT2D eigenvalue weighted by Crippen LogP contribution is -2.51. The molecular weight excluding hydrogens is 371 g/mol. The number of halogens is 1. The Morgan fingerprint density at radius 1 is 1.24 bits per heavy atom. The number of carbonyl (C=O) groups excluding carboxylic acids is 2. The normalized spacial score (nSPS) is 19.0. The number of benzene rings is 1. The van der Waals surface area contributed by atoms with Crippen LogP contribution in [0, 0.1) is 11.2 Å². The summed E-state index contributed by atoms with van der Waals surface area (Å²) in [6.07, 6.45) is 5.90. The van der Waals surface area contributed by atoms with Crippen LogP contribution < -0.4 is 0 Å². The fraction of sp³-hybridized carbons (Fsp3) is 0.435. The number of aryl methyl sites for hydroxylation is 1. The van der Waals surface area contributed by atoms with E-state index in [1.165, 1.54) is 6.07 Å². The van der Waals surface area contributed by atoms with Gasteiger partial charge in [-0.1, -0.05) is 24.3 Å². The maximum absolute atomic E-state index is 14.3. The molecule has 1 aromatic heterocycles. The van der Waals surface area contributed by atoms with E-state index in [4.69, 9.17) is 4.74 Å². The highest BCUT2D eigenvalue weighted by molar-refractivity contribution is 5.81. The maximum Gasteiger partial charge on any atom is 0.314 e. The van der Waals surface area contributed by atoms with Crippen molar-refractivity contribution in [3.63, 3.8) is 0 Å². The summed E-state index contributed by atoms with van der Waals surface area (Å²) in [6, 6.07) is 10.3. The van der Waals surface area contributed by atoms with E-state index in [1.807, 2.05) is 12.1 Å². The molecular formula is C23H27FN2O3. The second-order valence-electron chi connectivity index (χ2n) is 7.55. The summed E-state index contributed by atoms with van der Waals surface area (Å²) in [6.45, 7) is 2.87. The van der Waals surface area contributed by atoms with Crippen LogP contribution in [-0.2, 0) is 27.2 Å². The predicted octanol–water partition coefficient (Wildman–Crippen LogP) is 3.57. The number of rotatable bonds is 7. The first-order valence-corrected chi connectivity index (χ1v) is 10.1. The third-order valence-corrected chi connectivity index (χ3v) is 5.48. The van der Waals surface area contributed by atoms with Crippen molar-refractivity contribution in [3.05, 3.63) is 65.7 Å². The second-order valence-corrected chi connectivity index (χ2v) is 7.55. The standard InChI is InChI=1S/C23H27FN2O3/c1-2-29-22(28)23(15-19-8-3-4-9-20(19)24)12-6-14-26(17-23)21(27)11-10-18-7-5-13-25-16-18/h3-5,7-9,13,16H,2,6,10-12,14-15,17H2,1H3. The number of ether oxygens (including phenoxy) is 1. The Morgan fingerprint density at radius 3 is 2.79 bits per heavy atom. The van der Waals surface area contributed by atoms with E-state index in [2.05, 4.69) is 4.98 Å². The quantitative estimate of drug-likeness (QED) is 0.669. The van der Waals surface area contributed by atoms with Crippen molar-refractivity contribution in [2.75, 3.05) is 19.7 Å². The molecule has 29 heavy (non-hydrogen) atoms.